The summed E-state index contributed by atoms with van der Waals surface area (Å²) < 4.78 is 2.06. The van der Waals surface area contributed by atoms with E-state index in [2.05, 4.69) is 64.3 Å². The lowest BCUT2D eigenvalue weighted by Crippen LogP contribution is -2.06. The minimum Gasteiger partial charge on any atom is -0.367 e. The largest absolute Gasteiger partial charge is 0.367 e. The number of nitrogens with zero attached hydrogens (tertiary/aromatic N) is 2. The van der Waals surface area contributed by atoms with E-state index in [9.17, 15) is 0 Å². The van der Waals surface area contributed by atoms with Crippen molar-refractivity contribution in [2.45, 2.75) is 25.8 Å². The third-order valence-corrected chi connectivity index (χ3v) is 3.68. The van der Waals surface area contributed by atoms with Crippen LogP contribution in [0.25, 0.3) is 11.1 Å². The number of H-pyrrole nitrogens is 1. The van der Waals surface area contributed by atoms with Crippen LogP contribution in [0.15, 0.2) is 61.2 Å². The summed E-state index contributed by atoms with van der Waals surface area (Å²) in [4.78, 5) is 3.08. The Bertz CT molecular complexity index is 638. The molecule has 0 amide bonds. The topological polar surface area (TPSA) is 33.6 Å². The molecule has 2 heterocycles. The molecule has 20 heavy (non-hydrogen) atoms. The quantitative estimate of drug-likeness (QED) is 0.741. The van der Waals surface area contributed by atoms with Gasteiger partial charge in [-0.3, -0.25) is 4.68 Å². The molecule has 0 aliphatic carbocycles. The van der Waals surface area contributed by atoms with E-state index in [0.29, 0.717) is 6.04 Å². The predicted octanol–water partition coefficient (Wildman–Crippen LogP) is 4.07. The predicted molar refractivity (Wildman–Crippen MR) is 81.5 cm³/mol. The zero-order valence-electron chi connectivity index (χ0n) is 11.7. The second kappa shape index (κ2) is 5.78. The SMILES string of the molecule is CC(CCc1ccccc1)n1cc(-c2cc[nH]c2)cn1. The molecule has 0 saturated heterocycles. The number of aromatic nitrogens is 3. The van der Waals surface area contributed by atoms with Crippen LogP contribution in [0.3, 0.4) is 0 Å². The first kappa shape index (κ1) is 12.7. The van der Waals surface area contributed by atoms with Gasteiger partial charge in [-0.2, -0.15) is 5.10 Å². The molecule has 0 spiro atoms. The van der Waals surface area contributed by atoms with E-state index in [4.69, 9.17) is 0 Å². The van der Waals surface area contributed by atoms with Crippen molar-refractivity contribution < 1.29 is 0 Å². The van der Waals surface area contributed by atoms with Gasteiger partial charge in [-0.25, -0.2) is 0 Å². The summed E-state index contributed by atoms with van der Waals surface area (Å²) in [5, 5.41) is 4.49. The third kappa shape index (κ3) is 2.82. The summed E-state index contributed by atoms with van der Waals surface area (Å²) in [5.41, 5.74) is 3.74. The number of aryl methyl sites for hydroxylation is 1. The van der Waals surface area contributed by atoms with Crippen LogP contribution in [0.2, 0.25) is 0 Å². The van der Waals surface area contributed by atoms with Gasteiger partial charge < -0.3 is 4.98 Å². The monoisotopic (exact) mass is 265 g/mol. The van der Waals surface area contributed by atoms with Crippen LogP contribution in [0, 0.1) is 0 Å². The zero-order chi connectivity index (χ0) is 13.8. The van der Waals surface area contributed by atoms with E-state index in [-0.39, 0.29) is 0 Å². The molecule has 1 atom stereocenters. The Morgan fingerprint density at radius 3 is 2.75 bits per heavy atom. The summed E-state index contributed by atoms with van der Waals surface area (Å²) in [6, 6.07) is 13.1. The highest BCUT2D eigenvalue weighted by Gasteiger charge is 2.08. The van der Waals surface area contributed by atoms with E-state index >= 15 is 0 Å². The highest BCUT2D eigenvalue weighted by Crippen LogP contribution is 2.21. The first-order valence-electron chi connectivity index (χ1n) is 7.04. The second-order valence-electron chi connectivity index (χ2n) is 5.18. The van der Waals surface area contributed by atoms with Crippen LogP contribution in [-0.4, -0.2) is 14.8 Å². The third-order valence-electron chi connectivity index (χ3n) is 3.68. The van der Waals surface area contributed by atoms with E-state index in [1.54, 1.807) is 0 Å². The van der Waals surface area contributed by atoms with Gasteiger partial charge in [-0.15, -0.1) is 0 Å². The Morgan fingerprint density at radius 2 is 2.00 bits per heavy atom. The summed E-state index contributed by atoms with van der Waals surface area (Å²) >= 11 is 0. The molecule has 0 fully saturated rings. The molecule has 102 valence electrons. The number of hydrogen-bond acceptors (Lipinski definition) is 1. The fourth-order valence-corrected chi connectivity index (χ4v) is 2.38. The molecule has 2 aromatic heterocycles. The van der Waals surface area contributed by atoms with Crippen LogP contribution in [0.1, 0.15) is 24.9 Å². The van der Waals surface area contributed by atoms with Gasteiger partial charge in [-0.1, -0.05) is 30.3 Å². The number of hydrogen-bond donors (Lipinski definition) is 1. The van der Waals surface area contributed by atoms with Crippen LogP contribution < -0.4 is 0 Å². The normalized spacial score (nSPS) is 12.4. The molecule has 0 aliphatic rings. The van der Waals surface area contributed by atoms with Crippen molar-refractivity contribution in [3.8, 4) is 11.1 Å². The first-order valence-corrected chi connectivity index (χ1v) is 7.04. The Hall–Kier alpha value is -2.29. The van der Waals surface area contributed by atoms with Gasteiger partial charge in [0.1, 0.15) is 0 Å². The number of aromatic amines is 1. The van der Waals surface area contributed by atoms with Gasteiger partial charge in [0.05, 0.1) is 6.20 Å². The molecule has 3 nitrogen and oxygen atoms in total. The molecule has 0 bridgehead atoms. The fourth-order valence-electron chi connectivity index (χ4n) is 2.38. The van der Waals surface area contributed by atoms with Crippen molar-refractivity contribution >= 4 is 0 Å². The minimum absolute atomic E-state index is 0.405. The van der Waals surface area contributed by atoms with E-state index in [1.165, 1.54) is 11.1 Å². The summed E-state index contributed by atoms with van der Waals surface area (Å²) in [5.74, 6) is 0. The average molecular weight is 265 g/mol. The molecule has 0 radical (unpaired) electrons. The lowest BCUT2D eigenvalue weighted by atomic mass is 10.1. The molecule has 3 heteroatoms. The molecule has 1 N–H and O–H groups in total. The van der Waals surface area contributed by atoms with Crippen molar-refractivity contribution in [3.05, 3.63) is 66.7 Å². The van der Waals surface area contributed by atoms with Crippen LogP contribution in [0.4, 0.5) is 0 Å². The maximum Gasteiger partial charge on any atom is 0.0568 e. The molecule has 0 saturated carbocycles. The van der Waals surface area contributed by atoms with Gasteiger partial charge in [0.2, 0.25) is 0 Å². The summed E-state index contributed by atoms with van der Waals surface area (Å²) in [6.07, 6.45) is 10.2. The Labute approximate surface area is 119 Å². The van der Waals surface area contributed by atoms with E-state index in [1.807, 2.05) is 18.6 Å². The Kier molecular flexibility index (Phi) is 3.68. The molecular weight excluding hydrogens is 246 g/mol. The van der Waals surface area contributed by atoms with Gasteiger partial charge in [-0.05, 0) is 31.4 Å². The molecule has 0 aliphatic heterocycles. The lowest BCUT2D eigenvalue weighted by molar-refractivity contribution is 0.460. The van der Waals surface area contributed by atoms with Crippen molar-refractivity contribution in [1.29, 1.82) is 0 Å². The van der Waals surface area contributed by atoms with E-state index in [0.717, 1.165) is 18.4 Å². The molecular formula is C17H19N3. The number of benzene rings is 1. The second-order valence-corrected chi connectivity index (χ2v) is 5.18. The van der Waals surface area contributed by atoms with Gasteiger partial charge in [0, 0.05) is 35.8 Å². The molecule has 3 aromatic rings. The number of nitrogens with one attached hydrogen (secondary N) is 1. The van der Waals surface area contributed by atoms with Gasteiger partial charge in [0.15, 0.2) is 0 Å². The maximum atomic E-state index is 4.49. The Balaban J connectivity index is 1.64. The van der Waals surface area contributed by atoms with Crippen LogP contribution >= 0.6 is 0 Å². The van der Waals surface area contributed by atoms with Crippen molar-refractivity contribution in [2.24, 2.45) is 0 Å². The minimum atomic E-state index is 0.405. The molecule has 1 unspecified atom stereocenters. The first-order chi connectivity index (χ1) is 9.83. The standard InChI is InChI=1S/C17H19N3/c1-14(7-8-15-5-3-2-4-6-15)20-13-17(12-19-20)16-9-10-18-11-16/h2-6,9-14,18H,7-8H2,1H3. The Morgan fingerprint density at radius 1 is 1.15 bits per heavy atom. The van der Waals surface area contributed by atoms with Gasteiger partial charge >= 0.3 is 0 Å². The van der Waals surface area contributed by atoms with Crippen molar-refractivity contribution in [3.63, 3.8) is 0 Å². The lowest BCUT2D eigenvalue weighted by Gasteiger charge is -2.11. The smallest absolute Gasteiger partial charge is 0.0568 e. The fraction of sp³-hybridized carbons (Fsp3) is 0.235. The maximum absolute atomic E-state index is 4.49. The average Bonchev–Trinajstić information content (AvgIpc) is 3.16. The van der Waals surface area contributed by atoms with Gasteiger partial charge in [0.25, 0.3) is 0 Å². The summed E-state index contributed by atoms with van der Waals surface area (Å²) in [7, 11) is 0. The van der Waals surface area contributed by atoms with E-state index < -0.39 is 0 Å². The summed E-state index contributed by atoms with van der Waals surface area (Å²) in [6.45, 7) is 2.22. The molecule has 1 aromatic carbocycles. The number of rotatable bonds is 5. The van der Waals surface area contributed by atoms with Crippen molar-refractivity contribution in [1.82, 2.24) is 14.8 Å². The van der Waals surface area contributed by atoms with Crippen LogP contribution in [0.5, 0.6) is 0 Å². The van der Waals surface area contributed by atoms with Crippen LogP contribution in [-0.2, 0) is 6.42 Å². The zero-order valence-corrected chi connectivity index (χ0v) is 11.7. The highest BCUT2D eigenvalue weighted by molar-refractivity contribution is 5.60. The highest BCUT2D eigenvalue weighted by atomic mass is 15.3. The van der Waals surface area contributed by atoms with Crippen molar-refractivity contribution in [2.75, 3.05) is 0 Å². The molecule has 3 rings (SSSR count).